The predicted molar refractivity (Wildman–Crippen MR) is 64.5 cm³/mol. The predicted octanol–water partition coefficient (Wildman–Crippen LogP) is 3.20. The van der Waals surface area contributed by atoms with Gasteiger partial charge in [0.1, 0.15) is 0 Å². The van der Waals surface area contributed by atoms with Crippen LogP contribution in [-0.4, -0.2) is 18.1 Å². The first-order valence-corrected chi connectivity index (χ1v) is 6.19. The van der Waals surface area contributed by atoms with Gasteiger partial charge in [0.25, 0.3) is 0 Å². The van der Waals surface area contributed by atoms with Crippen LogP contribution in [0.25, 0.3) is 0 Å². The van der Waals surface area contributed by atoms with E-state index in [0.717, 1.165) is 18.7 Å². The molecule has 0 bridgehead atoms. The van der Waals surface area contributed by atoms with Gasteiger partial charge in [-0.25, -0.2) is 0 Å². The molecule has 0 saturated carbocycles. The van der Waals surface area contributed by atoms with Crippen LogP contribution in [0.15, 0.2) is 18.5 Å². The highest BCUT2D eigenvalue weighted by Crippen LogP contribution is 2.23. The Morgan fingerprint density at radius 1 is 1.20 bits per heavy atom. The van der Waals surface area contributed by atoms with Crippen LogP contribution in [0, 0.1) is 0 Å². The highest BCUT2D eigenvalue weighted by Gasteiger charge is 2.12. The van der Waals surface area contributed by atoms with E-state index in [1.165, 1.54) is 31.4 Å². The zero-order valence-corrected chi connectivity index (χ0v) is 9.71. The van der Waals surface area contributed by atoms with E-state index in [9.17, 15) is 0 Å². The number of hydrogen-bond donors (Lipinski definition) is 0. The summed E-state index contributed by atoms with van der Waals surface area (Å²) >= 11 is 5.93. The Kier molecular flexibility index (Phi) is 3.84. The minimum absolute atomic E-state index is 0.555. The number of hydrogen-bond acceptors (Lipinski definition) is 2. The van der Waals surface area contributed by atoms with Gasteiger partial charge in [0.2, 0.25) is 0 Å². The maximum Gasteiger partial charge on any atom is 0.0509 e. The fourth-order valence-electron chi connectivity index (χ4n) is 2.14. The van der Waals surface area contributed by atoms with Gasteiger partial charge in [-0.05, 0) is 18.9 Å². The van der Waals surface area contributed by atoms with Gasteiger partial charge in [-0.3, -0.25) is 4.98 Å². The van der Waals surface area contributed by atoms with Crippen LogP contribution >= 0.6 is 11.6 Å². The van der Waals surface area contributed by atoms with Crippen LogP contribution in [0.4, 0.5) is 5.69 Å². The molecule has 15 heavy (non-hydrogen) atoms. The number of alkyl halides is 1. The van der Waals surface area contributed by atoms with Crippen molar-refractivity contribution in [2.75, 3.05) is 18.0 Å². The molecule has 1 aromatic rings. The van der Waals surface area contributed by atoms with Crippen molar-refractivity contribution in [3.05, 3.63) is 24.0 Å². The molecule has 0 radical (unpaired) electrons. The minimum atomic E-state index is 0.555. The smallest absolute Gasteiger partial charge is 0.0509 e. The molecule has 0 aliphatic carbocycles. The van der Waals surface area contributed by atoms with E-state index in [2.05, 4.69) is 16.0 Å². The van der Waals surface area contributed by atoms with E-state index < -0.39 is 0 Å². The van der Waals surface area contributed by atoms with E-state index in [-0.39, 0.29) is 0 Å². The van der Waals surface area contributed by atoms with Crippen molar-refractivity contribution < 1.29 is 0 Å². The molecule has 0 unspecified atom stereocenters. The number of halogens is 1. The van der Waals surface area contributed by atoms with Gasteiger partial charge in [-0.1, -0.05) is 12.8 Å². The molecule has 1 saturated heterocycles. The molecule has 3 heteroatoms. The maximum atomic E-state index is 5.93. The summed E-state index contributed by atoms with van der Waals surface area (Å²) in [6.45, 7) is 2.32. The van der Waals surface area contributed by atoms with Crippen LogP contribution in [0.5, 0.6) is 0 Å². The summed E-state index contributed by atoms with van der Waals surface area (Å²) in [6, 6.07) is 2.09. The molecule has 2 rings (SSSR count). The molecule has 1 aliphatic rings. The standard InChI is InChI=1S/C12H17ClN2/c13-9-11-10-14-6-5-12(11)15-7-3-1-2-4-8-15/h5-6,10H,1-4,7-9H2. The lowest BCUT2D eigenvalue weighted by atomic mass is 10.2. The highest BCUT2D eigenvalue weighted by molar-refractivity contribution is 6.17. The maximum absolute atomic E-state index is 5.93. The van der Waals surface area contributed by atoms with E-state index in [1.807, 2.05) is 12.4 Å². The topological polar surface area (TPSA) is 16.1 Å². The fraction of sp³-hybridized carbons (Fsp3) is 0.583. The van der Waals surface area contributed by atoms with Crippen molar-refractivity contribution in [1.82, 2.24) is 4.98 Å². The van der Waals surface area contributed by atoms with Crippen molar-refractivity contribution in [1.29, 1.82) is 0 Å². The van der Waals surface area contributed by atoms with Crippen LogP contribution < -0.4 is 4.90 Å². The molecule has 1 aromatic heterocycles. The van der Waals surface area contributed by atoms with Crippen LogP contribution in [-0.2, 0) is 5.88 Å². The van der Waals surface area contributed by atoms with Gasteiger partial charge in [0, 0.05) is 36.7 Å². The summed E-state index contributed by atoms with van der Waals surface area (Å²) in [6.07, 6.45) is 9.05. The van der Waals surface area contributed by atoms with Gasteiger partial charge in [0.05, 0.1) is 5.88 Å². The normalized spacial score (nSPS) is 17.5. The van der Waals surface area contributed by atoms with Gasteiger partial charge < -0.3 is 4.90 Å². The molecule has 2 heterocycles. The summed E-state index contributed by atoms with van der Waals surface area (Å²) in [5.41, 5.74) is 2.43. The van der Waals surface area contributed by atoms with E-state index in [1.54, 1.807) is 0 Å². The Morgan fingerprint density at radius 3 is 2.60 bits per heavy atom. The number of pyridine rings is 1. The van der Waals surface area contributed by atoms with Crippen LogP contribution in [0.1, 0.15) is 31.2 Å². The zero-order valence-electron chi connectivity index (χ0n) is 8.95. The fourth-order valence-corrected chi connectivity index (χ4v) is 2.35. The summed E-state index contributed by atoms with van der Waals surface area (Å²) in [4.78, 5) is 6.57. The molecular formula is C12H17ClN2. The van der Waals surface area contributed by atoms with Crippen molar-refractivity contribution >= 4 is 17.3 Å². The van der Waals surface area contributed by atoms with E-state index >= 15 is 0 Å². The molecule has 1 fully saturated rings. The third-order valence-electron chi connectivity index (χ3n) is 2.97. The summed E-state index contributed by atoms with van der Waals surface area (Å²) < 4.78 is 0. The molecule has 0 N–H and O–H groups in total. The minimum Gasteiger partial charge on any atom is -0.371 e. The van der Waals surface area contributed by atoms with Crippen LogP contribution in [0.2, 0.25) is 0 Å². The number of nitrogens with zero attached hydrogens (tertiary/aromatic N) is 2. The average Bonchev–Trinajstić information content (AvgIpc) is 2.57. The molecule has 0 spiro atoms. The lowest BCUT2D eigenvalue weighted by molar-refractivity contribution is 0.726. The second-order valence-electron chi connectivity index (χ2n) is 4.04. The Hall–Kier alpha value is -0.760. The van der Waals surface area contributed by atoms with Crippen molar-refractivity contribution in [3.63, 3.8) is 0 Å². The molecule has 82 valence electrons. The first-order chi connectivity index (χ1) is 7.42. The number of anilines is 1. The van der Waals surface area contributed by atoms with E-state index in [0.29, 0.717) is 5.88 Å². The van der Waals surface area contributed by atoms with Gasteiger partial charge in [-0.2, -0.15) is 0 Å². The number of rotatable bonds is 2. The molecule has 0 amide bonds. The first kappa shape index (κ1) is 10.7. The Balaban J connectivity index is 2.18. The molecule has 0 atom stereocenters. The Morgan fingerprint density at radius 2 is 1.93 bits per heavy atom. The van der Waals surface area contributed by atoms with Gasteiger partial charge in [-0.15, -0.1) is 11.6 Å². The van der Waals surface area contributed by atoms with Crippen LogP contribution in [0.3, 0.4) is 0 Å². The Labute approximate surface area is 96.3 Å². The molecular weight excluding hydrogens is 208 g/mol. The van der Waals surface area contributed by atoms with Gasteiger partial charge >= 0.3 is 0 Å². The quantitative estimate of drug-likeness (QED) is 0.718. The lowest BCUT2D eigenvalue weighted by Crippen LogP contribution is -2.24. The molecule has 2 nitrogen and oxygen atoms in total. The SMILES string of the molecule is ClCc1cnccc1N1CCCCCC1. The zero-order chi connectivity index (χ0) is 10.5. The number of aromatic nitrogens is 1. The monoisotopic (exact) mass is 224 g/mol. The van der Waals surface area contributed by atoms with Gasteiger partial charge in [0.15, 0.2) is 0 Å². The average molecular weight is 225 g/mol. The summed E-state index contributed by atoms with van der Waals surface area (Å²) in [5, 5.41) is 0. The van der Waals surface area contributed by atoms with Crippen molar-refractivity contribution in [2.45, 2.75) is 31.6 Å². The second kappa shape index (κ2) is 5.36. The lowest BCUT2D eigenvalue weighted by Gasteiger charge is -2.24. The van der Waals surface area contributed by atoms with Crippen molar-refractivity contribution in [3.8, 4) is 0 Å². The van der Waals surface area contributed by atoms with E-state index in [4.69, 9.17) is 11.6 Å². The highest BCUT2D eigenvalue weighted by atomic mass is 35.5. The summed E-state index contributed by atoms with van der Waals surface area (Å²) in [7, 11) is 0. The summed E-state index contributed by atoms with van der Waals surface area (Å²) in [5.74, 6) is 0.555. The molecule has 0 aromatic carbocycles. The third kappa shape index (κ3) is 2.63. The Bertz CT molecular complexity index is 306. The third-order valence-corrected chi connectivity index (χ3v) is 3.26. The van der Waals surface area contributed by atoms with Crippen molar-refractivity contribution in [2.24, 2.45) is 0 Å². The largest absolute Gasteiger partial charge is 0.371 e. The first-order valence-electron chi connectivity index (χ1n) is 5.65. The second-order valence-corrected chi connectivity index (χ2v) is 4.31. The molecule has 1 aliphatic heterocycles.